The van der Waals surface area contributed by atoms with Crippen LogP contribution in [0.15, 0.2) is 11.6 Å². The molecule has 0 radical (unpaired) electrons. The normalized spacial score (nSPS) is 48.3. The maximum absolute atomic E-state index is 11.0. The van der Waals surface area contributed by atoms with Gasteiger partial charge in [0.05, 0.1) is 30.8 Å². The number of carbonyl (C=O) groups excluding carboxylic acids is 1. The smallest absolute Gasteiger partial charge is 0.316 e. The average Bonchev–Trinajstić information content (AvgIpc) is 2.95. The van der Waals surface area contributed by atoms with E-state index in [-0.39, 0.29) is 29.8 Å². The van der Waals surface area contributed by atoms with Gasteiger partial charge < -0.3 is 25.2 Å². The Labute approximate surface area is 172 Å². The molecule has 9 atom stereocenters. The van der Waals surface area contributed by atoms with Crippen molar-refractivity contribution in [2.24, 2.45) is 34.5 Å². The topological polar surface area (TPSA) is 107 Å². The lowest BCUT2D eigenvalue weighted by molar-refractivity contribution is -0.134. The molecule has 0 spiro atoms. The van der Waals surface area contributed by atoms with E-state index in [2.05, 4.69) is 25.0 Å². The highest BCUT2D eigenvalue weighted by molar-refractivity contribution is 5.67. The molecule has 0 aromatic heterocycles. The number of allylic oxidation sites excluding steroid dienone is 1. The Morgan fingerprint density at radius 2 is 2.00 bits per heavy atom. The number of ether oxygens (including phenoxy) is 1. The van der Waals surface area contributed by atoms with Crippen molar-refractivity contribution in [3.63, 3.8) is 0 Å². The molecule has 0 aromatic rings. The lowest BCUT2D eigenvalue weighted by Crippen LogP contribution is -2.55. The number of esters is 1. The molecule has 0 saturated heterocycles. The van der Waals surface area contributed by atoms with E-state index in [0.29, 0.717) is 18.8 Å². The molecule has 6 nitrogen and oxygen atoms in total. The third-order valence-corrected chi connectivity index (χ3v) is 8.64. The number of hydrogen-bond acceptors (Lipinski definition) is 6. The highest BCUT2D eigenvalue weighted by atomic mass is 16.5. The van der Waals surface area contributed by atoms with Crippen molar-refractivity contribution in [1.29, 1.82) is 0 Å². The van der Waals surface area contributed by atoms with E-state index >= 15 is 0 Å². The molecule has 4 unspecified atom stereocenters. The van der Waals surface area contributed by atoms with Gasteiger partial charge in [-0.05, 0) is 67.3 Å². The number of carbonyl (C=O) groups is 1. The van der Waals surface area contributed by atoms with Gasteiger partial charge in [-0.25, -0.2) is 0 Å². The second kappa shape index (κ2) is 7.39. The summed E-state index contributed by atoms with van der Waals surface area (Å²) < 4.78 is 4.73. The Hall–Kier alpha value is -1.39. The van der Waals surface area contributed by atoms with Gasteiger partial charge in [-0.3, -0.25) is 4.79 Å². The summed E-state index contributed by atoms with van der Waals surface area (Å²) in [6.07, 6.45) is 6.74. The Balaban J connectivity index is 1.61. The first-order chi connectivity index (χ1) is 13.7. The molecule has 0 amide bonds. The van der Waals surface area contributed by atoms with Gasteiger partial charge in [0.15, 0.2) is 0 Å². The largest absolute Gasteiger partial charge is 0.396 e. The zero-order chi connectivity index (χ0) is 21.0. The number of aliphatic hydroxyl groups excluding tert-OH is 4. The molecule has 4 N–H and O–H groups in total. The van der Waals surface area contributed by atoms with Crippen LogP contribution in [-0.4, -0.2) is 51.3 Å². The van der Waals surface area contributed by atoms with Crippen LogP contribution in [0.2, 0.25) is 0 Å². The van der Waals surface area contributed by atoms with Crippen molar-refractivity contribution in [2.75, 3.05) is 6.61 Å². The van der Waals surface area contributed by atoms with E-state index < -0.39 is 29.7 Å². The van der Waals surface area contributed by atoms with Gasteiger partial charge in [0, 0.05) is 12.3 Å². The maximum Gasteiger partial charge on any atom is 0.316 e. The van der Waals surface area contributed by atoms with Crippen LogP contribution in [0.1, 0.15) is 52.4 Å². The first-order valence-electron chi connectivity index (χ1n) is 10.8. The van der Waals surface area contributed by atoms with Crippen LogP contribution >= 0.6 is 0 Å². The quantitative estimate of drug-likeness (QED) is 0.299. The molecule has 0 aromatic carbocycles. The summed E-state index contributed by atoms with van der Waals surface area (Å²) in [5.41, 5.74) is 0.276. The number of fused-ring (bicyclic) bond motifs is 5. The molecule has 0 heterocycles. The standard InChI is InChI=1S/C23H32O6/c1-13(25)29-10-7-14-5-8-22(2)16-6-9-23(12-24)18(11-19(26)21(23)28)15(16)3-4-17(22)20(14)27/h4,14-16,18-21,24,26-28H,3,5-6,8-9,11-12H2,1-2H3/t14?,15-,16-,18+,19?,20?,21?,22-,23-/m1/s1. The van der Waals surface area contributed by atoms with Gasteiger partial charge in [0.25, 0.3) is 0 Å². The first kappa shape index (κ1) is 20.9. The summed E-state index contributed by atoms with van der Waals surface area (Å²) in [4.78, 5) is 10.9. The molecular formula is C23H32O6. The Kier molecular flexibility index (Phi) is 5.31. The maximum atomic E-state index is 11.0. The van der Waals surface area contributed by atoms with Crippen molar-refractivity contribution >= 4 is 5.97 Å². The van der Waals surface area contributed by atoms with E-state index in [1.165, 1.54) is 6.92 Å². The molecule has 3 fully saturated rings. The minimum absolute atomic E-state index is 0.0875. The van der Waals surface area contributed by atoms with Gasteiger partial charge in [-0.15, -0.1) is 0 Å². The molecular weight excluding hydrogens is 372 g/mol. The lowest BCUT2D eigenvalue weighted by atomic mass is 9.47. The van der Waals surface area contributed by atoms with Crippen LogP contribution in [0.3, 0.4) is 0 Å². The fraction of sp³-hybridized carbons (Fsp3) is 0.783. The number of hydrogen-bond donors (Lipinski definition) is 4. The Morgan fingerprint density at radius 3 is 2.69 bits per heavy atom. The zero-order valence-electron chi connectivity index (χ0n) is 17.2. The van der Waals surface area contributed by atoms with Crippen molar-refractivity contribution in [2.45, 2.75) is 70.7 Å². The zero-order valence-corrected chi connectivity index (χ0v) is 17.2. The molecule has 0 aliphatic heterocycles. The van der Waals surface area contributed by atoms with Crippen molar-refractivity contribution in [3.05, 3.63) is 11.6 Å². The van der Waals surface area contributed by atoms with Crippen molar-refractivity contribution in [3.8, 4) is 12.0 Å². The number of rotatable bonds is 1. The summed E-state index contributed by atoms with van der Waals surface area (Å²) >= 11 is 0. The third-order valence-electron chi connectivity index (χ3n) is 8.64. The van der Waals surface area contributed by atoms with Crippen LogP contribution in [0.5, 0.6) is 0 Å². The summed E-state index contributed by atoms with van der Waals surface area (Å²) in [7, 11) is 0. The molecule has 160 valence electrons. The minimum atomic E-state index is -0.866. The van der Waals surface area contributed by atoms with Gasteiger partial charge in [0.1, 0.15) is 6.11 Å². The van der Waals surface area contributed by atoms with Gasteiger partial charge in [-0.1, -0.05) is 18.9 Å². The number of aliphatic hydroxyl groups is 4. The van der Waals surface area contributed by atoms with E-state index in [0.717, 1.165) is 31.3 Å². The molecule has 0 bridgehead atoms. The second-order valence-corrected chi connectivity index (χ2v) is 9.80. The second-order valence-electron chi connectivity index (χ2n) is 9.80. The van der Waals surface area contributed by atoms with Crippen LogP contribution < -0.4 is 0 Å². The molecule has 3 saturated carbocycles. The predicted molar refractivity (Wildman–Crippen MR) is 105 cm³/mol. The van der Waals surface area contributed by atoms with Crippen molar-refractivity contribution in [1.82, 2.24) is 0 Å². The van der Waals surface area contributed by atoms with Gasteiger partial charge >= 0.3 is 5.97 Å². The SMILES string of the molecule is CC(=O)OC#CC1CC[C@@]2(C)C(=CC[C@@H]3[C@H]2CC[C@]2(CO)C(O)C(O)C[C@@H]32)C1O. The highest BCUT2D eigenvalue weighted by Crippen LogP contribution is 2.65. The summed E-state index contributed by atoms with van der Waals surface area (Å²) in [6, 6.07) is 0. The molecule has 4 aliphatic rings. The monoisotopic (exact) mass is 404 g/mol. The average molecular weight is 405 g/mol. The lowest BCUT2D eigenvalue weighted by Gasteiger charge is -2.58. The molecule has 4 rings (SSSR count). The van der Waals surface area contributed by atoms with Crippen LogP contribution in [-0.2, 0) is 9.53 Å². The van der Waals surface area contributed by atoms with E-state index in [1.807, 2.05) is 0 Å². The van der Waals surface area contributed by atoms with Crippen molar-refractivity contribution < 1.29 is 30.0 Å². The Bertz CT molecular complexity index is 765. The fourth-order valence-electron chi connectivity index (χ4n) is 7.15. The van der Waals surface area contributed by atoms with Crippen LogP contribution in [0.4, 0.5) is 0 Å². The van der Waals surface area contributed by atoms with Crippen LogP contribution in [0, 0.1) is 46.5 Å². The fourth-order valence-corrected chi connectivity index (χ4v) is 7.15. The summed E-state index contributed by atoms with van der Waals surface area (Å²) in [5.74, 6) is 2.92. The molecule has 29 heavy (non-hydrogen) atoms. The third kappa shape index (κ3) is 3.06. The predicted octanol–water partition coefficient (Wildman–Crippen LogP) is 1.36. The molecule has 6 heteroatoms. The van der Waals surface area contributed by atoms with Gasteiger partial charge in [-0.2, -0.15) is 0 Å². The summed E-state index contributed by atoms with van der Waals surface area (Å²) in [5, 5.41) is 42.1. The minimum Gasteiger partial charge on any atom is -0.396 e. The molecule has 4 aliphatic carbocycles. The first-order valence-corrected chi connectivity index (χ1v) is 10.8. The van der Waals surface area contributed by atoms with Gasteiger partial charge in [0.2, 0.25) is 0 Å². The van der Waals surface area contributed by atoms with E-state index in [9.17, 15) is 25.2 Å². The Morgan fingerprint density at radius 1 is 1.24 bits per heavy atom. The summed E-state index contributed by atoms with van der Waals surface area (Å²) in [6.45, 7) is 3.43. The van der Waals surface area contributed by atoms with Crippen LogP contribution in [0.25, 0.3) is 0 Å². The highest BCUT2D eigenvalue weighted by Gasteiger charge is 2.63. The van der Waals surface area contributed by atoms with E-state index in [4.69, 9.17) is 4.74 Å². The van der Waals surface area contributed by atoms with E-state index in [1.54, 1.807) is 0 Å².